The molecule has 1 heterocycles. The fourth-order valence-corrected chi connectivity index (χ4v) is 3.40. The second kappa shape index (κ2) is 6.45. The molecule has 0 N–H and O–H groups in total. The zero-order valence-electron chi connectivity index (χ0n) is 9.97. The van der Waals surface area contributed by atoms with Crippen molar-refractivity contribution in [1.29, 1.82) is 0 Å². The minimum absolute atomic E-state index is 0.0189. The highest BCUT2D eigenvalue weighted by atomic mass is 35.5. The van der Waals surface area contributed by atoms with Crippen LogP contribution in [0.1, 0.15) is 12.5 Å². The lowest BCUT2D eigenvalue weighted by Crippen LogP contribution is -2.17. The van der Waals surface area contributed by atoms with Crippen LogP contribution in [0.4, 0.5) is 4.39 Å². The molecule has 1 aromatic carbocycles. The van der Waals surface area contributed by atoms with Crippen LogP contribution in [-0.2, 0) is 11.2 Å². The van der Waals surface area contributed by atoms with Crippen LogP contribution in [0.5, 0.6) is 0 Å². The van der Waals surface area contributed by atoms with Crippen molar-refractivity contribution in [1.82, 2.24) is 10.2 Å². The van der Waals surface area contributed by atoms with Gasteiger partial charge in [0.2, 0.25) is 0 Å². The molecular formula is C12H10ClFN2OS2. The fraction of sp³-hybridized carbons (Fsp3) is 0.250. The molecule has 1 aromatic heterocycles. The fourth-order valence-electron chi connectivity index (χ4n) is 1.49. The average Bonchev–Trinajstić information content (AvgIpc) is 2.84. The minimum atomic E-state index is -0.392. The zero-order valence-corrected chi connectivity index (χ0v) is 12.4. The van der Waals surface area contributed by atoms with E-state index in [4.69, 9.17) is 11.6 Å². The van der Waals surface area contributed by atoms with Crippen LogP contribution in [0.15, 0.2) is 28.0 Å². The third kappa shape index (κ3) is 3.99. The number of Topliss-reactive ketones (excluding diaryl/α,β-unsaturated/α-hetero) is 1. The molecule has 0 fully saturated rings. The summed E-state index contributed by atoms with van der Waals surface area (Å²) >= 11 is 8.37. The van der Waals surface area contributed by atoms with E-state index in [1.165, 1.54) is 36.1 Å². The number of ketones is 1. The van der Waals surface area contributed by atoms with Gasteiger partial charge in [-0.15, -0.1) is 10.2 Å². The topological polar surface area (TPSA) is 42.9 Å². The van der Waals surface area contributed by atoms with Crippen LogP contribution < -0.4 is 0 Å². The van der Waals surface area contributed by atoms with Gasteiger partial charge in [-0.2, -0.15) is 0 Å². The maximum absolute atomic E-state index is 13.7. The molecule has 3 nitrogen and oxygen atoms in total. The number of rotatable bonds is 5. The zero-order chi connectivity index (χ0) is 13.8. The number of carbonyl (C=O) groups is 1. The number of halogens is 2. The van der Waals surface area contributed by atoms with Gasteiger partial charge in [-0.25, -0.2) is 4.39 Å². The lowest BCUT2D eigenvalue weighted by Gasteiger charge is -2.12. The summed E-state index contributed by atoms with van der Waals surface area (Å²) in [6, 6.07) is 4.48. The Morgan fingerprint density at radius 1 is 1.58 bits per heavy atom. The molecule has 0 radical (unpaired) electrons. The van der Waals surface area contributed by atoms with E-state index < -0.39 is 5.82 Å². The molecule has 0 aliphatic heterocycles. The molecule has 0 spiro atoms. The van der Waals surface area contributed by atoms with Gasteiger partial charge in [0.25, 0.3) is 0 Å². The Balaban J connectivity index is 2.14. The van der Waals surface area contributed by atoms with E-state index in [9.17, 15) is 9.18 Å². The van der Waals surface area contributed by atoms with Crippen molar-refractivity contribution in [3.05, 3.63) is 40.1 Å². The maximum Gasteiger partial charge on any atom is 0.174 e. The van der Waals surface area contributed by atoms with Gasteiger partial charge in [0.05, 0.1) is 5.25 Å². The molecule has 1 atom stereocenters. The van der Waals surface area contributed by atoms with Gasteiger partial charge in [0.1, 0.15) is 17.1 Å². The number of carbonyl (C=O) groups excluding carboxylic acids is 1. The minimum Gasteiger partial charge on any atom is -0.299 e. The molecule has 100 valence electrons. The van der Waals surface area contributed by atoms with Crippen molar-refractivity contribution in [2.75, 3.05) is 0 Å². The summed E-state index contributed by atoms with van der Waals surface area (Å²) in [7, 11) is 0. The van der Waals surface area contributed by atoms with Crippen LogP contribution in [0.25, 0.3) is 0 Å². The van der Waals surface area contributed by atoms with Gasteiger partial charge in [-0.3, -0.25) is 4.79 Å². The SMILES string of the molecule is CC(=O)C(Cc1ccc(Cl)cc1F)Sc1nncs1. The number of thioether (sulfide) groups is 1. The van der Waals surface area contributed by atoms with Crippen molar-refractivity contribution in [3.63, 3.8) is 0 Å². The Bertz CT molecular complexity index is 577. The van der Waals surface area contributed by atoms with E-state index in [0.29, 0.717) is 21.3 Å². The Labute approximate surface area is 123 Å². The molecule has 2 rings (SSSR count). The van der Waals surface area contributed by atoms with E-state index in [1.807, 2.05) is 0 Å². The monoisotopic (exact) mass is 316 g/mol. The third-order valence-electron chi connectivity index (χ3n) is 2.46. The lowest BCUT2D eigenvalue weighted by atomic mass is 10.1. The molecule has 2 aromatic rings. The molecule has 0 aliphatic rings. The summed E-state index contributed by atoms with van der Waals surface area (Å²) < 4.78 is 14.4. The van der Waals surface area contributed by atoms with Gasteiger partial charge in [-0.1, -0.05) is 40.8 Å². The predicted octanol–water partition coefficient (Wildman–Crippen LogP) is 3.62. The molecule has 7 heteroatoms. The summed E-state index contributed by atoms with van der Waals surface area (Å²) in [5, 5.41) is 7.57. The van der Waals surface area contributed by atoms with Crippen molar-refractivity contribution in [2.45, 2.75) is 22.9 Å². The summed E-state index contributed by atoms with van der Waals surface area (Å²) in [5.74, 6) is -0.411. The molecule has 0 aliphatic carbocycles. The molecule has 0 saturated heterocycles. The summed E-state index contributed by atoms with van der Waals surface area (Å²) in [6.45, 7) is 1.49. The quantitative estimate of drug-likeness (QED) is 0.790. The number of hydrogen-bond donors (Lipinski definition) is 0. The Morgan fingerprint density at radius 2 is 2.37 bits per heavy atom. The van der Waals surface area contributed by atoms with Crippen LogP contribution >= 0.6 is 34.7 Å². The molecule has 0 saturated carbocycles. The van der Waals surface area contributed by atoms with Crippen molar-refractivity contribution in [3.8, 4) is 0 Å². The first kappa shape index (κ1) is 14.4. The highest BCUT2D eigenvalue weighted by molar-refractivity contribution is 8.02. The Morgan fingerprint density at radius 3 is 2.95 bits per heavy atom. The van der Waals surface area contributed by atoms with E-state index in [0.717, 1.165) is 0 Å². The van der Waals surface area contributed by atoms with Gasteiger partial charge in [0.15, 0.2) is 4.34 Å². The van der Waals surface area contributed by atoms with Gasteiger partial charge in [0, 0.05) is 5.02 Å². The number of nitrogens with zero attached hydrogens (tertiary/aromatic N) is 2. The largest absolute Gasteiger partial charge is 0.299 e. The van der Waals surface area contributed by atoms with Crippen molar-refractivity contribution >= 4 is 40.5 Å². The van der Waals surface area contributed by atoms with Crippen LogP contribution in [0.3, 0.4) is 0 Å². The van der Waals surface area contributed by atoms with E-state index in [-0.39, 0.29) is 11.0 Å². The number of aromatic nitrogens is 2. The first-order valence-corrected chi connectivity index (χ1v) is 7.57. The van der Waals surface area contributed by atoms with Crippen molar-refractivity contribution < 1.29 is 9.18 Å². The number of benzene rings is 1. The molecule has 0 bridgehead atoms. The normalized spacial score (nSPS) is 12.4. The molecule has 19 heavy (non-hydrogen) atoms. The standard InChI is InChI=1S/C12H10ClFN2OS2/c1-7(17)11(19-12-16-15-6-18-12)4-8-2-3-9(13)5-10(8)14/h2-3,5-6,11H,4H2,1H3. The van der Waals surface area contributed by atoms with Crippen LogP contribution in [0, 0.1) is 5.82 Å². The Hall–Kier alpha value is -0.980. The number of hydrogen-bond acceptors (Lipinski definition) is 5. The average molecular weight is 317 g/mol. The summed E-state index contributed by atoms with van der Waals surface area (Å²) in [4.78, 5) is 11.6. The summed E-state index contributed by atoms with van der Waals surface area (Å²) in [6.07, 6.45) is 0.308. The van der Waals surface area contributed by atoms with Gasteiger partial charge in [-0.05, 0) is 31.0 Å². The van der Waals surface area contributed by atoms with Gasteiger partial charge >= 0.3 is 0 Å². The second-order valence-electron chi connectivity index (χ2n) is 3.86. The smallest absolute Gasteiger partial charge is 0.174 e. The molecule has 0 amide bonds. The third-order valence-corrected chi connectivity index (χ3v) is 4.82. The van der Waals surface area contributed by atoms with E-state index in [2.05, 4.69) is 10.2 Å². The lowest BCUT2D eigenvalue weighted by molar-refractivity contribution is -0.116. The first-order valence-electron chi connectivity index (χ1n) is 5.43. The summed E-state index contributed by atoms with van der Waals surface area (Å²) in [5.41, 5.74) is 2.07. The van der Waals surface area contributed by atoms with E-state index in [1.54, 1.807) is 17.6 Å². The van der Waals surface area contributed by atoms with Crippen LogP contribution in [-0.4, -0.2) is 21.2 Å². The second-order valence-corrected chi connectivity index (χ2v) is 6.58. The highest BCUT2D eigenvalue weighted by Gasteiger charge is 2.20. The first-order chi connectivity index (χ1) is 9.06. The van der Waals surface area contributed by atoms with Crippen LogP contribution in [0.2, 0.25) is 5.02 Å². The molecule has 1 unspecified atom stereocenters. The maximum atomic E-state index is 13.7. The van der Waals surface area contributed by atoms with E-state index >= 15 is 0 Å². The van der Waals surface area contributed by atoms with Gasteiger partial charge < -0.3 is 0 Å². The van der Waals surface area contributed by atoms with Crippen molar-refractivity contribution in [2.24, 2.45) is 0 Å². The predicted molar refractivity (Wildman–Crippen MR) is 75.3 cm³/mol. The highest BCUT2D eigenvalue weighted by Crippen LogP contribution is 2.28. The molecular weight excluding hydrogens is 307 g/mol. The Kier molecular flexibility index (Phi) is 4.90.